The predicted molar refractivity (Wildman–Crippen MR) is 64.6 cm³/mol. The van der Waals surface area contributed by atoms with Crippen LogP contribution >= 0.6 is 22.9 Å². The summed E-state index contributed by atoms with van der Waals surface area (Å²) >= 11 is 7.51. The first-order valence-corrected chi connectivity index (χ1v) is 6.57. The second-order valence-corrected chi connectivity index (χ2v) is 5.69. The Labute approximate surface area is 99.6 Å². The lowest BCUT2D eigenvalue weighted by Crippen LogP contribution is -2.27. The molecule has 0 radical (unpaired) electrons. The van der Waals surface area contributed by atoms with Crippen LogP contribution in [0.15, 0.2) is 12.1 Å². The molecule has 1 aromatic heterocycles. The van der Waals surface area contributed by atoms with Crippen LogP contribution in [-0.2, 0) is 11.3 Å². The second kappa shape index (κ2) is 5.85. The summed E-state index contributed by atoms with van der Waals surface area (Å²) in [6.07, 6.45) is 2.39. The van der Waals surface area contributed by atoms with Crippen LogP contribution in [0.1, 0.15) is 17.7 Å². The van der Waals surface area contributed by atoms with Crippen LogP contribution in [0.5, 0.6) is 0 Å². The summed E-state index contributed by atoms with van der Waals surface area (Å²) in [4.78, 5) is 1.31. The molecule has 15 heavy (non-hydrogen) atoms. The van der Waals surface area contributed by atoms with Crippen molar-refractivity contribution < 1.29 is 4.74 Å². The first kappa shape index (κ1) is 11.4. The average Bonchev–Trinajstić information content (AvgIpc) is 2.66. The SMILES string of the molecule is Clc1ccc(CNCC2CCOCC2)s1. The van der Waals surface area contributed by atoms with Crippen LogP contribution < -0.4 is 5.32 Å². The summed E-state index contributed by atoms with van der Waals surface area (Å²) in [6, 6.07) is 4.04. The highest BCUT2D eigenvalue weighted by Gasteiger charge is 2.12. The third kappa shape index (κ3) is 3.76. The number of nitrogens with one attached hydrogen (secondary N) is 1. The molecule has 0 atom stereocenters. The van der Waals surface area contributed by atoms with E-state index >= 15 is 0 Å². The van der Waals surface area contributed by atoms with Gasteiger partial charge in [0.1, 0.15) is 0 Å². The zero-order valence-corrected chi connectivity index (χ0v) is 10.2. The summed E-state index contributed by atoms with van der Waals surface area (Å²) in [5.74, 6) is 0.786. The average molecular weight is 246 g/mol. The van der Waals surface area contributed by atoms with E-state index in [0.717, 1.165) is 36.6 Å². The van der Waals surface area contributed by atoms with E-state index < -0.39 is 0 Å². The van der Waals surface area contributed by atoms with E-state index in [-0.39, 0.29) is 0 Å². The molecule has 1 N–H and O–H groups in total. The number of hydrogen-bond donors (Lipinski definition) is 1. The fourth-order valence-electron chi connectivity index (χ4n) is 1.80. The molecular weight excluding hydrogens is 230 g/mol. The van der Waals surface area contributed by atoms with E-state index in [2.05, 4.69) is 11.4 Å². The summed E-state index contributed by atoms with van der Waals surface area (Å²) in [7, 11) is 0. The van der Waals surface area contributed by atoms with Crippen LogP contribution in [-0.4, -0.2) is 19.8 Å². The van der Waals surface area contributed by atoms with Crippen molar-refractivity contribution in [3.63, 3.8) is 0 Å². The molecule has 0 saturated carbocycles. The second-order valence-electron chi connectivity index (χ2n) is 3.89. The molecule has 2 nitrogen and oxygen atoms in total. The maximum Gasteiger partial charge on any atom is 0.0931 e. The summed E-state index contributed by atoms with van der Waals surface area (Å²) in [5.41, 5.74) is 0. The minimum absolute atomic E-state index is 0.786. The first-order chi connectivity index (χ1) is 7.34. The molecule has 1 saturated heterocycles. The van der Waals surface area contributed by atoms with Gasteiger partial charge in [-0.05, 0) is 37.4 Å². The number of thiophene rings is 1. The largest absolute Gasteiger partial charge is 0.381 e. The van der Waals surface area contributed by atoms with Crippen molar-refractivity contribution in [1.29, 1.82) is 0 Å². The van der Waals surface area contributed by atoms with Crippen molar-refractivity contribution in [2.24, 2.45) is 5.92 Å². The molecule has 1 fully saturated rings. The van der Waals surface area contributed by atoms with E-state index in [1.807, 2.05) is 6.07 Å². The van der Waals surface area contributed by atoms with Crippen molar-refractivity contribution >= 4 is 22.9 Å². The van der Waals surface area contributed by atoms with Gasteiger partial charge in [0.25, 0.3) is 0 Å². The molecule has 1 aliphatic heterocycles. The van der Waals surface area contributed by atoms with Crippen molar-refractivity contribution in [3.05, 3.63) is 21.3 Å². The molecule has 2 heterocycles. The van der Waals surface area contributed by atoms with E-state index in [0.29, 0.717) is 0 Å². The fraction of sp³-hybridized carbons (Fsp3) is 0.636. The lowest BCUT2D eigenvalue weighted by Gasteiger charge is -2.22. The Hall–Kier alpha value is -0.0900. The molecule has 0 aromatic carbocycles. The van der Waals surface area contributed by atoms with Crippen LogP contribution in [0.25, 0.3) is 0 Å². The molecule has 0 unspecified atom stereocenters. The van der Waals surface area contributed by atoms with Crippen LogP contribution in [0.3, 0.4) is 0 Å². The van der Waals surface area contributed by atoms with Crippen molar-refractivity contribution in [2.45, 2.75) is 19.4 Å². The van der Waals surface area contributed by atoms with Gasteiger partial charge in [-0.3, -0.25) is 0 Å². The van der Waals surface area contributed by atoms with Gasteiger partial charge in [-0.25, -0.2) is 0 Å². The van der Waals surface area contributed by atoms with Crippen LogP contribution in [0.4, 0.5) is 0 Å². The van der Waals surface area contributed by atoms with Crippen molar-refractivity contribution in [3.8, 4) is 0 Å². The zero-order chi connectivity index (χ0) is 10.5. The molecule has 4 heteroatoms. The Balaban J connectivity index is 1.65. The van der Waals surface area contributed by atoms with Gasteiger partial charge in [-0.1, -0.05) is 11.6 Å². The molecule has 0 aliphatic carbocycles. The third-order valence-electron chi connectivity index (χ3n) is 2.70. The highest BCUT2D eigenvalue weighted by Crippen LogP contribution is 2.21. The molecular formula is C11H16ClNOS. The van der Waals surface area contributed by atoms with E-state index in [9.17, 15) is 0 Å². The van der Waals surface area contributed by atoms with Crippen molar-refractivity contribution in [2.75, 3.05) is 19.8 Å². The first-order valence-electron chi connectivity index (χ1n) is 5.37. The lowest BCUT2D eigenvalue weighted by molar-refractivity contribution is 0.0662. The molecule has 1 aliphatic rings. The fourth-order valence-corrected chi connectivity index (χ4v) is 2.85. The smallest absolute Gasteiger partial charge is 0.0931 e. The van der Waals surface area contributed by atoms with Crippen molar-refractivity contribution in [1.82, 2.24) is 5.32 Å². The highest BCUT2D eigenvalue weighted by atomic mass is 35.5. The van der Waals surface area contributed by atoms with Gasteiger partial charge < -0.3 is 10.1 Å². The summed E-state index contributed by atoms with van der Waals surface area (Å²) in [6.45, 7) is 3.89. The molecule has 0 amide bonds. The van der Waals surface area contributed by atoms with Gasteiger partial charge in [0.2, 0.25) is 0 Å². The highest BCUT2D eigenvalue weighted by molar-refractivity contribution is 7.16. The Morgan fingerprint density at radius 2 is 2.20 bits per heavy atom. The Morgan fingerprint density at radius 3 is 2.87 bits per heavy atom. The van der Waals surface area contributed by atoms with E-state index in [1.54, 1.807) is 11.3 Å². The topological polar surface area (TPSA) is 21.3 Å². The summed E-state index contributed by atoms with van der Waals surface area (Å²) in [5, 5.41) is 3.48. The molecule has 2 rings (SSSR count). The Kier molecular flexibility index (Phi) is 4.44. The van der Waals surface area contributed by atoms with Gasteiger partial charge in [0.15, 0.2) is 0 Å². The van der Waals surface area contributed by atoms with Gasteiger partial charge in [0.05, 0.1) is 4.34 Å². The number of ether oxygens (including phenoxy) is 1. The Bertz CT molecular complexity index is 297. The minimum atomic E-state index is 0.786. The molecule has 0 spiro atoms. The molecule has 84 valence electrons. The van der Waals surface area contributed by atoms with E-state index in [1.165, 1.54) is 17.7 Å². The number of hydrogen-bond acceptors (Lipinski definition) is 3. The molecule has 0 bridgehead atoms. The van der Waals surface area contributed by atoms with Gasteiger partial charge in [-0.2, -0.15) is 0 Å². The minimum Gasteiger partial charge on any atom is -0.381 e. The molecule has 1 aromatic rings. The normalized spacial score (nSPS) is 18.2. The van der Waals surface area contributed by atoms with E-state index in [4.69, 9.17) is 16.3 Å². The number of rotatable bonds is 4. The van der Waals surface area contributed by atoms with Gasteiger partial charge in [-0.15, -0.1) is 11.3 Å². The zero-order valence-electron chi connectivity index (χ0n) is 8.67. The van der Waals surface area contributed by atoms with Crippen LogP contribution in [0.2, 0.25) is 4.34 Å². The monoisotopic (exact) mass is 245 g/mol. The maximum absolute atomic E-state index is 5.86. The maximum atomic E-state index is 5.86. The quantitative estimate of drug-likeness (QED) is 0.881. The summed E-state index contributed by atoms with van der Waals surface area (Å²) < 4.78 is 6.20. The third-order valence-corrected chi connectivity index (χ3v) is 3.93. The lowest BCUT2D eigenvalue weighted by atomic mass is 10.0. The predicted octanol–water partition coefficient (Wildman–Crippen LogP) is 2.92. The standard InChI is InChI=1S/C11H16ClNOS/c12-11-2-1-10(15-11)8-13-7-9-3-5-14-6-4-9/h1-2,9,13H,3-8H2. The van der Waals surface area contributed by atoms with Gasteiger partial charge >= 0.3 is 0 Å². The van der Waals surface area contributed by atoms with Gasteiger partial charge in [0, 0.05) is 24.6 Å². The number of halogens is 1. The Morgan fingerprint density at radius 1 is 1.40 bits per heavy atom. The van der Waals surface area contributed by atoms with Crippen LogP contribution in [0, 0.1) is 5.92 Å².